The molecule has 0 aromatic heterocycles. The van der Waals surface area contributed by atoms with Gasteiger partial charge in [0.15, 0.2) is 0 Å². The van der Waals surface area contributed by atoms with Crippen molar-refractivity contribution in [1.29, 1.82) is 0 Å². The van der Waals surface area contributed by atoms with Gasteiger partial charge in [0.05, 0.1) is 12.7 Å². The Bertz CT molecular complexity index is 121. The summed E-state index contributed by atoms with van der Waals surface area (Å²) in [7, 11) is 0. The van der Waals surface area contributed by atoms with Gasteiger partial charge in [-0.3, -0.25) is 0 Å². The molecule has 1 aliphatic rings. The Kier molecular flexibility index (Phi) is 5.56. The lowest BCUT2D eigenvalue weighted by Crippen LogP contribution is -2.17. The van der Waals surface area contributed by atoms with E-state index in [4.69, 9.17) is 4.74 Å². The predicted molar refractivity (Wildman–Crippen MR) is 49.3 cm³/mol. The lowest BCUT2D eigenvalue weighted by atomic mass is 10.3. The van der Waals surface area contributed by atoms with E-state index in [-0.39, 0.29) is 12.4 Å². The molecule has 1 unspecified atom stereocenters. The summed E-state index contributed by atoms with van der Waals surface area (Å²) in [6, 6.07) is 0. The largest absolute Gasteiger partial charge is 0.373 e. The Balaban J connectivity index is 0.000001000. The van der Waals surface area contributed by atoms with Crippen LogP contribution in [0.2, 0.25) is 0 Å². The van der Waals surface area contributed by atoms with Gasteiger partial charge in [0, 0.05) is 6.54 Å². The smallest absolute Gasteiger partial charge is 0.0715 e. The van der Waals surface area contributed by atoms with E-state index in [1.807, 2.05) is 6.92 Å². The second-order valence-electron chi connectivity index (χ2n) is 2.88. The lowest BCUT2D eigenvalue weighted by Gasteiger charge is -2.09. The highest BCUT2D eigenvalue weighted by atomic mass is 35.5. The van der Waals surface area contributed by atoms with Crippen LogP contribution in [-0.4, -0.2) is 25.8 Å². The van der Waals surface area contributed by atoms with Crippen LogP contribution < -0.4 is 5.32 Å². The van der Waals surface area contributed by atoms with Crippen LogP contribution in [0.25, 0.3) is 0 Å². The van der Waals surface area contributed by atoms with Crippen LogP contribution in [0.5, 0.6) is 0 Å². The van der Waals surface area contributed by atoms with Gasteiger partial charge in [-0.1, -0.05) is 12.2 Å². The molecule has 0 saturated carbocycles. The molecule has 1 atom stereocenters. The minimum Gasteiger partial charge on any atom is -0.373 e. The fraction of sp³-hybridized carbons (Fsp3) is 0.750. The Morgan fingerprint density at radius 2 is 2.45 bits per heavy atom. The van der Waals surface area contributed by atoms with Crippen LogP contribution in [0.4, 0.5) is 0 Å². The number of rotatable bonds is 3. The Labute approximate surface area is 74.4 Å². The molecule has 0 amide bonds. The summed E-state index contributed by atoms with van der Waals surface area (Å²) < 4.78 is 5.50. The lowest BCUT2D eigenvalue weighted by molar-refractivity contribution is 0.0848. The molecule has 66 valence electrons. The highest BCUT2D eigenvalue weighted by molar-refractivity contribution is 5.85. The van der Waals surface area contributed by atoms with Gasteiger partial charge < -0.3 is 10.1 Å². The molecule has 1 rings (SSSR count). The standard InChI is InChI=1S/C8H15NO.ClH/c1-7(2)6-10-8-3-4-9-5-8;/h8-9H,1,3-6H2,2H3;1H. The highest BCUT2D eigenvalue weighted by Crippen LogP contribution is 2.03. The van der Waals surface area contributed by atoms with Crippen molar-refractivity contribution in [3.05, 3.63) is 12.2 Å². The second kappa shape index (κ2) is 5.58. The normalized spacial score (nSPS) is 22.8. The minimum atomic E-state index is 0. The van der Waals surface area contributed by atoms with E-state index in [1.54, 1.807) is 0 Å². The van der Waals surface area contributed by atoms with E-state index in [2.05, 4.69) is 11.9 Å². The monoisotopic (exact) mass is 177 g/mol. The summed E-state index contributed by atoms with van der Waals surface area (Å²) in [6.07, 6.45) is 1.57. The summed E-state index contributed by atoms with van der Waals surface area (Å²) in [5.74, 6) is 0. The van der Waals surface area contributed by atoms with Crippen molar-refractivity contribution in [3.63, 3.8) is 0 Å². The van der Waals surface area contributed by atoms with Crippen molar-refractivity contribution in [2.75, 3.05) is 19.7 Å². The number of halogens is 1. The van der Waals surface area contributed by atoms with Crippen LogP contribution in [-0.2, 0) is 4.74 Å². The summed E-state index contributed by atoms with van der Waals surface area (Å²) in [6.45, 7) is 8.58. The van der Waals surface area contributed by atoms with Gasteiger partial charge in [-0.05, 0) is 19.9 Å². The van der Waals surface area contributed by atoms with Crippen molar-refractivity contribution in [3.8, 4) is 0 Å². The second-order valence-corrected chi connectivity index (χ2v) is 2.88. The quantitative estimate of drug-likeness (QED) is 0.658. The fourth-order valence-electron chi connectivity index (χ4n) is 1.03. The van der Waals surface area contributed by atoms with Crippen LogP contribution in [0.1, 0.15) is 13.3 Å². The Morgan fingerprint density at radius 3 is 2.91 bits per heavy atom. The van der Waals surface area contributed by atoms with Crippen molar-refractivity contribution >= 4 is 12.4 Å². The maximum atomic E-state index is 5.50. The first-order chi connectivity index (χ1) is 4.79. The fourth-order valence-corrected chi connectivity index (χ4v) is 1.03. The van der Waals surface area contributed by atoms with Crippen molar-refractivity contribution in [2.45, 2.75) is 19.4 Å². The van der Waals surface area contributed by atoms with E-state index in [9.17, 15) is 0 Å². The molecule has 0 aromatic carbocycles. The minimum absolute atomic E-state index is 0. The van der Waals surface area contributed by atoms with Crippen molar-refractivity contribution < 1.29 is 4.74 Å². The van der Waals surface area contributed by atoms with Gasteiger partial charge in [-0.2, -0.15) is 0 Å². The van der Waals surface area contributed by atoms with Gasteiger partial charge >= 0.3 is 0 Å². The number of nitrogens with one attached hydrogen (secondary N) is 1. The summed E-state index contributed by atoms with van der Waals surface area (Å²) in [5, 5.41) is 3.24. The number of hydrogen-bond donors (Lipinski definition) is 1. The SMILES string of the molecule is C=C(C)COC1CCNC1.Cl. The van der Waals surface area contributed by atoms with Crippen LogP contribution in [0.3, 0.4) is 0 Å². The van der Waals surface area contributed by atoms with Crippen LogP contribution >= 0.6 is 12.4 Å². The molecule has 1 saturated heterocycles. The molecule has 1 N–H and O–H groups in total. The zero-order valence-electron chi connectivity index (χ0n) is 6.93. The number of hydrogen-bond acceptors (Lipinski definition) is 2. The summed E-state index contributed by atoms with van der Waals surface area (Å²) in [5.41, 5.74) is 1.10. The van der Waals surface area contributed by atoms with Crippen LogP contribution in [0, 0.1) is 0 Å². The molecule has 11 heavy (non-hydrogen) atoms. The summed E-state index contributed by atoms with van der Waals surface area (Å²) >= 11 is 0. The Morgan fingerprint density at radius 1 is 1.73 bits per heavy atom. The van der Waals surface area contributed by atoms with E-state index in [0.717, 1.165) is 25.1 Å². The van der Waals surface area contributed by atoms with Crippen molar-refractivity contribution in [2.24, 2.45) is 0 Å². The molecule has 0 aliphatic carbocycles. The molecule has 0 radical (unpaired) electrons. The van der Waals surface area contributed by atoms with Gasteiger partial charge in [-0.25, -0.2) is 0 Å². The van der Waals surface area contributed by atoms with Crippen molar-refractivity contribution in [1.82, 2.24) is 5.32 Å². The zero-order valence-corrected chi connectivity index (χ0v) is 7.75. The van der Waals surface area contributed by atoms with E-state index < -0.39 is 0 Å². The molecule has 0 spiro atoms. The van der Waals surface area contributed by atoms with Gasteiger partial charge in [0.2, 0.25) is 0 Å². The molecule has 1 aliphatic heterocycles. The third-order valence-electron chi connectivity index (χ3n) is 1.58. The first-order valence-corrected chi connectivity index (χ1v) is 3.76. The first-order valence-electron chi connectivity index (χ1n) is 3.76. The molecular weight excluding hydrogens is 162 g/mol. The molecule has 1 fully saturated rings. The molecule has 3 heteroatoms. The molecule has 2 nitrogen and oxygen atoms in total. The third kappa shape index (κ3) is 4.40. The average molecular weight is 178 g/mol. The number of ether oxygens (including phenoxy) is 1. The van der Waals surface area contributed by atoms with Crippen LogP contribution in [0.15, 0.2) is 12.2 Å². The summed E-state index contributed by atoms with van der Waals surface area (Å²) in [4.78, 5) is 0. The Hall–Kier alpha value is -0.0500. The average Bonchev–Trinajstić information content (AvgIpc) is 2.34. The highest BCUT2D eigenvalue weighted by Gasteiger charge is 2.13. The topological polar surface area (TPSA) is 21.3 Å². The third-order valence-corrected chi connectivity index (χ3v) is 1.58. The predicted octanol–water partition coefficient (Wildman–Crippen LogP) is 1.36. The zero-order chi connectivity index (χ0) is 7.40. The maximum absolute atomic E-state index is 5.50. The van der Waals surface area contributed by atoms with E-state index in [0.29, 0.717) is 12.7 Å². The molecule has 0 aromatic rings. The first kappa shape index (κ1) is 11.0. The maximum Gasteiger partial charge on any atom is 0.0715 e. The molecular formula is C8H16ClNO. The molecule has 1 heterocycles. The van der Waals surface area contributed by atoms with Gasteiger partial charge in [-0.15, -0.1) is 12.4 Å². The van der Waals surface area contributed by atoms with E-state index >= 15 is 0 Å². The van der Waals surface area contributed by atoms with E-state index in [1.165, 1.54) is 0 Å². The van der Waals surface area contributed by atoms with Gasteiger partial charge in [0.1, 0.15) is 0 Å². The van der Waals surface area contributed by atoms with Gasteiger partial charge in [0.25, 0.3) is 0 Å². The molecule has 0 bridgehead atoms.